The molecule has 0 atom stereocenters. The molecular formula is C11H11N5O4. The third-order valence-electron chi connectivity index (χ3n) is 3.35. The molecule has 0 unspecified atom stereocenters. The lowest BCUT2D eigenvalue weighted by molar-refractivity contribution is -0.121. The number of aromatic nitrogens is 4. The average Bonchev–Trinajstić information content (AvgIpc) is 2.98. The third-order valence-corrected chi connectivity index (χ3v) is 3.35. The van der Waals surface area contributed by atoms with Crippen LogP contribution >= 0.6 is 0 Å². The van der Waals surface area contributed by atoms with E-state index in [2.05, 4.69) is 9.97 Å². The van der Waals surface area contributed by atoms with Gasteiger partial charge >= 0.3 is 5.69 Å². The van der Waals surface area contributed by atoms with Crippen LogP contribution in [0.2, 0.25) is 0 Å². The van der Waals surface area contributed by atoms with Crippen LogP contribution in [0.5, 0.6) is 0 Å². The van der Waals surface area contributed by atoms with E-state index >= 15 is 0 Å². The number of imide groups is 1. The van der Waals surface area contributed by atoms with Gasteiger partial charge in [-0.2, -0.15) is 4.98 Å². The largest absolute Gasteiger partial charge is 0.332 e. The van der Waals surface area contributed by atoms with Crippen LogP contribution in [-0.2, 0) is 23.7 Å². The van der Waals surface area contributed by atoms with Gasteiger partial charge in [0.1, 0.15) is 0 Å². The number of nitrogens with zero attached hydrogens (tertiary/aromatic N) is 4. The van der Waals surface area contributed by atoms with Crippen LogP contribution in [-0.4, -0.2) is 30.9 Å². The van der Waals surface area contributed by atoms with Crippen molar-refractivity contribution in [2.45, 2.75) is 12.8 Å². The summed E-state index contributed by atoms with van der Waals surface area (Å²) in [6, 6.07) is 0. The fourth-order valence-electron chi connectivity index (χ4n) is 2.23. The highest BCUT2D eigenvalue weighted by molar-refractivity contribution is 6.19. The molecule has 0 spiro atoms. The molecule has 2 amide bonds. The Morgan fingerprint density at radius 2 is 1.60 bits per heavy atom. The molecule has 9 heteroatoms. The highest BCUT2D eigenvalue weighted by Crippen LogP contribution is 2.20. The molecule has 20 heavy (non-hydrogen) atoms. The molecule has 3 rings (SSSR count). The molecule has 1 fully saturated rings. The number of aromatic amines is 1. The van der Waals surface area contributed by atoms with Crippen LogP contribution in [0.25, 0.3) is 11.2 Å². The molecular weight excluding hydrogens is 266 g/mol. The van der Waals surface area contributed by atoms with Crippen molar-refractivity contribution in [1.82, 2.24) is 19.1 Å². The molecule has 104 valence electrons. The number of fused-ring (bicyclic) bond motifs is 1. The first kappa shape index (κ1) is 12.3. The highest BCUT2D eigenvalue weighted by atomic mass is 16.2. The lowest BCUT2D eigenvalue weighted by Crippen LogP contribution is -2.36. The Kier molecular flexibility index (Phi) is 2.40. The van der Waals surface area contributed by atoms with Gasteiger partial charge < -0.3 is 4.98 Å². The van der Waals surface area contributed by atoms with Crippen LogP contribution in [0.4, 0.5) is 5.95 Å². The average molecular weight is 277 g/mol. The minimum absolute atomic E-state index is 0.0224. The molecule has 2 aromatic heterocycles. The summed E-state index contributed by atoms with van der Waals surface area (Å²) in [6.07, 6.45) is 0.236. The van der Waals surface area contributed by atoms with E-state index in [0.717, 1.165) is 9.47 Å². The highest BCUT2D eigenvalue weighted by Gasteiger charge is 2.33. The predicted octanol–water partition coefficient (Wildman–Crippen LogP) is -1.39. The van der Waals surface area contributed by atoms with Crippen molar-refractivity contribution in [3.8, 4) is 0 Å². The quantitative estimate of drug-likeness (QED) is 0.645. The number of hydrogen-bond acceptors (Lipinski definition) is 5. The summed E-state index contributed by atoms with van der Waals surface area (Å²) in [7, 11) is 2.80. The molecule has 1 saturated heterocycles. The van der Waals surface area contributed by atoms with Crippen LogP contribution in [0.1, 0.15) is 12.8 Å². The second kappa shape index (κ2) is 3.89. The van der Waals surface area contributed by atoms with E-state index < -0.39 is 11.2 Å². The number of carbonyl (C=O) groups is 2. The summed E-state index contributed by atoms with van der Waals surface area (Å²) in [6.45, 7) is 0. The Labute approximate surface area is 111 Å². The standard InChI is InChI=1S/C11H11N5O4/c1-14-8-7(9(19)15(2)11(14)20)12-10(13-8)16-5(17)3-4-6(16)18/h3-4H2,1-2H3,(H,12,13). The SMILES string of the molecule is Cn1c(=O)c2[nH]c(N3C(=O)CCC3=O)nc2n(C)c1=O. The Morgan fingerprint density at radius 3 is 2.20 bits per heavy atom. The van der Waals surface area contributed by atoms with Gasteiger partial charge in [-0.05, 0) is 0 Å². The second-order valence-electron chi connectivity index (χ2n) is 4.59. The van der Waals surface area contributed by atoms with Crippen molar-refractivity contribution in [1.29, 1.82) is 0 Å². The maximum Gasteiger partial charge on any atom is 0.332 e. The van der Waals surface area contributed by atoms with Crippen LogP contribution in [0, 0.1) is 0 Å². The fourth-order valence-corrected chi connectivity index (χ4v) is 2.23. The van der Waals surface area contributed by atoms with Crippen molar-refractivity contribution in [2.75, 3.05) is 4.90 Å². The second-order valence-corrected chi connectivity index (χ2v) is 4.59. The van der Waals surface area contributed by atoms with Gasteiger partial charge in [0.05, 0.1) is 0 Å². The third kappa shape index (κ3) is 1.46. The molecule has 0 saturated carbocycles. The molecule has 1 aliphatic rings. The van der Waals surface area contributed by atoms with Gasteiger partial charge in [-0.25, -0.2) is 9.69 Å². The molecule has 0 radical (unpaired) electrons. The van der Waals surface area contributed by atoms with E-state index in [1.807, 2.05) is 0 Å². The number of imidazole rings is 1. The zero-order valence-corrected chi connectivity index (χ0v) is 10.8. The number of amides is 2. The van der Waals surface area contributed by atoms with Crippen molar-refractivity contribution in [3.05, 3.63) is 20.8 Å². The van der Waals surface area contributed by atoms with Gasteiger partial charge in [0.2, 0.25) is 17.8 Å². The van der Waals surface area contributed by atoms with Gasteiger partial charge in [-0.1, -0.05) is 0 Å². The number of anilines is 1. The first-order valence-corrected chi connectivity index (χ1v) is 5.93. The summed E-state index contributed by atoms with van der Waals surface area (Å²) in [5.41, 5.74) is -0.890. The van der Waals surface area contributed by atoms with Crippen molar-refractivity contribution in [3.63, 3.8) is 0 Å². The Hall–Kier alpha value is -2.71. The molecule has 1 N–H and O–H groups in total. The minimum atomic E-state index is -0.555. The molecule has 0 aromatic carbocycles. The number of aryl methyl sites for hydroxylation is 1. The summed E-state index contributed by atoms with van der Waals surface area (Å²) in [5.74, 6) is -0.780. The zero-order chi connectivity index (χ0) is 14.6. The number of hydrogen-bond donors (Lipinski definition) is 1. The van der Waals surface area contributed by atoms with Gasteiger partial charge in [-0.3, -0.25) is 23.5 Å². The maximum atomic E-state index is 12.0. The Morgan fingerprint density at radius 1 is 1.00 bits per heavy atom. The van der Waals surface area contributed by atoms with E-state index in [-0.39, 0.29) is 41.8 Å². The summed E-state index contributed by atoms with van der Waals surface area (Å²) in [4.78, 5) is 54.7. The fraction of sp³-hybridized carbons (Fsp3) is 0.364. The van der Waals surface area contributed by atoms with Crippen LogP contribution in [0.3, 0.4) is 0 Å². The Balaban J connectivity index is 2.32. The molecule has 1 aliphatic heterocycles. The number of rotatable bonds is 1. The zero-order valence-electron chi connectivity index (χ0n) is 10.8. The van der Waals surface area contributed by atoms with E-state index in [1.54, 1.807) is 0 Å². The summed E-state index contributed by atoms with van der Waals surface area (Å²) >= 11 is 0. The number of nitrogens with one attached hydrogen (secondary N) is 1. The van der Waals surface area contributed by atoms with Gasteiger partial charge in [0, 0.05) is 26.9 Å². The minimum Gasteiger partial charge on any atom is -0.317 e. The lowest BCUT2D eigenvalue weighted by atomic mass is 10.4. The molecule has 9 nitrogen and oxygen atoms in total. The van der Waals surface area contributed by atoms with Crippen molar-refractivity contribution in [2.24, 2.45) is 14.1 Å². The van der Waals surface area contributed by atoms with E-state index in [4.69, 9.17) is 0 Å². The number of carbonyl (C=O) groups excluding carboxylic acids is 2. The molecule has 0 bridgehead atoms. The van der Waals surface area contributed by atoms with Crippen molar-refractivity contribution < 1.29 is 9.59 Å². The maximum absolute atomic E-state index is 12.0. The van der Waals surface area contributed by atoms with Gasteiger partial charge in [0.15, 0.2) is 11.2 Å². The number of H-pyrrole nitrogens is 1. The van der Waals surface area contributed by atoms with Crippen LogP contribution < -0.4 is 16.1 Å². The van der Waals surface area contributed by atoms with Crippen molar-refractivity contribution >= 4 is 28.9 Å². The molecule has 0 aliphatic carbocycles. The first-order valence-electron chi connectivity index (χ1n) is 5.93. The molecule has 3 heterocycles. The van der Waals surface area contributed by atoms with Gasteiger partial charge in [0.25, 0.3) is 5.56 Å². The monoisotopic (exact) mass is 277 g/mol. The Bertz CT molecular complexity index is 855. The molecule has 2 aromatic rings. The van der Waals surface area contributed by atoms with Gasteiger partial charge in [-0.15, -0.1) is 0 Å². The lowest BCUT2D eigenvalue weighted by Gasteiger charge is -2.08. The van der Waals surface area contributed by atoms with Crippen LogP contribution in [0.15, 0.2) is 9.59 Å². The smallest absolute Gasteiger partial charge is 0.317 e. The summed E-state index contributed by atoms with van der Waals surface area (Å²) in [5, 5.41) is 0. The van der Waals surface area contributed by atoms with E-state index in [9.17, 15) is 19.2 Å². The summed E-state index contributed by atoms with van der Waals surface area (Å²) < 4.78 is 2.11. The van der Waals surface area contributed by atoms with E-state index in [1.165, 1.54) is 18.7 Å². The predicted molar refractivity (Wildman–Crippen MR) is 68.3 cm³/mol. The normalized spacial score (nSPS) is 15.6. The topological polar surface area (TPSA) is 110 Å². The van der Waals surface area contributed by atoms with E-state index in [0.29, 0.717) is 0 Å². The first-order chi connectivity index (χ1) is 9.41.